The van der Waals surface area contributed by atoms with Crippen molar-refractivity contribution in [1.82, 2.24) is 19.6 Å². The van der Waals surface area contributed by atoms with Crippen molar-refractivity contribution in [3.05, 3.63) is 61.1 Å². The Bertz CT molecular complexity index is 1670. The number of aromatic nitrogens is 3. The van der Waals surface area contributed by atoms with Gasteiger partial charge in [-0.2, -0.15) is 5.09 Å². The monoisotopic (exact) mass is 627 g/mol. The lowest BCUT2D eigenvalue weighted by atomic mass is 9.94. The summed E-state index contributed by atoms with van der Waals surface area (Å²) in [5.41, 5.74) is 4.55. The number of nitrogens with two attached hydrogens (primary N) is 1. The molecule has 1 aliphatic rings. The molecule has 1 aliphatic heterocycles. The number of esters is 1. The second kappa shape index (κ2) is 12.8. The minimum absolute atomic E-state index is 0.219. The van der Waals surface area contributed by atoms with Gasteiger partial charge in [-0.3, -0.25) is 9.32 Å². The van der Waals surface area contributed by atoms with Crippen LogP contribution in [0.2, 0.25) is 0 Å². The van der Waals surface area contributed by atoms with Gasteiger partial charge in [0.1, 0.15) is 47.4 Å². The van der Waals surface area contributed by atoms with E-state index >= 15 is 0 Å². The summed E-state index contributed by atoms with van der Waals surface area (Å²) in [6, 6.07) is 13.3. The average molecular weight is 628 g/mol. The number of aliphatic hydroxyl groups is 2. The molecule has 44 heavy (non-hydrogen) atoms. The molecule has 3 unspecified atom stereocenters. The predicted molar refractivity (Wildman–Crippen MR) is 164 cm³/mol. The second-order valence-corrected chi connectivity index (χ2v) is 12.7. The minimum atomic E-state index is -4.36. The number of hydrogen-bond acceptors (Lipinski definition) is 11. The molecule has 236 valence electrons. The minimum Gasteiger partial charge on any atom is -0.465 e. The quantitative estimate of drug-likeness (QED) is 0.101. The molecule has 2 aromatic heterocycles. The van der Waals surface area contributed by atoms with Crippen molar-refractivity contribution < 1.29 is 38.1 Å². The van der Waals surface area contributed by atoms with E-state index < -0.39 is 49.9 Å². The molecule has 0 aliphatic carbocycles. The molecule has 2 aromatic carbocycles. The number of ether oxygens (including phenoxy) is 2. The van der Waals surface area contributed by atoms with Gasteiger partial charge < -0.3 is 34.5 Å². The lowest BCUT2D eigenvalue weighted by molar-refractivity contribution is -0.145. The van der Waals surface area contributed by atoms with Crippen LogP contribution in [0.25, 0.3) is 21.8 Å². The molecule has 0 bridgehead atoms. The van der Waals surface area contributed by atoms with Crippen molar-refractivity contribution in [3.63, 3.8) is 0 Å². The largest absolute Gasteiger partial charge is 0.465 e. The highest BCUT2D eigenvalue weighted by Gasteiger charge is 2.56. The third-order valence-corrected chi connectivity index (χ3v) is 9.42. The molecular weight excluding hydrogens is 589 g/mol. The number of nitrogens with one attached hydrogen (secondary N) is 1. The standard InChI is InChI=1S/C30H38N5O8P/c1-5-6-16-40-28(37)18(2)34-44(39,43-23-13-9-11-20-10-7-8-12-21(20)23)42-19(3)24-25(36)30(4,38)29(41-24)35-15-14-22-26(31)32-17-33-27(22)35/h7-15,17-19,24-25,29,36,38H,5-6,16H2,1-4H3,(H,34,39)(H2,31,32,33)/t18-,19?,24+,25?,29+,30+,44?/m0/s1. The number of nitrogens with zero attached hydrogens (tertiary/aromatic N) is 3. The number of aliphatic hydroxyl groups excluding tert-OH is 1. The van der Waals surface area contributed by atoms with Crippen molar-refractivity contribution in [2.45, 2.75) is 76.7 Å². The van der Waals surface area contributed by atoms with Gasteiger partial charge in [0.05, 0.1) is 18.1 Å². The summed E-state index contributed by atoms with van der Waals surface area (Å²) in [6.07, 6.45) is -0.448. The zero-order chi connectivity index (χ0) is 31.6. The number of nitrogen functional groups attached to an aromatic ring is 1. The Labute approximate surface area is 254 Å². The highest BCUT2D eigenvalue weighted by Crippen LogP contribution is 2.50. The summed E-state index contributed by atoms with van der Waals surface area (Å²) in [4.78, 5) is 21.0. The van der Waals surface area contributed by atoms with E-state index in [-0.39, 0.29) is 18.2 Å². The highest BCUT2D eigenvalue weighted by molar-refractivity contribution is 7.52. The van der Waals surface area contributed by atoms with Crippen LogP contribution in [0.1, 0.15) is 46.8 Å². The number of unbranched alkanes of at least 4 members (excludes halogenated alkanes) is 1. The van der Waals surface area contributed by atoms with Crippen LogP contribution in [-0.2, 0) is 23.4 Å². The topological polar surface area (TPSA) is 180 Å². The van der Waals surface area contributed by atoms with Crippen molar-refractivity contribution >= 4 is 41.3 Å². The lowest BCUT2D eigenvalue weighted by Gasteiger charge is -2.30. The number of carbonyl (C=O) groups is 1. The Balaban J connectivity index is 1.42. The van der Waals surface area contributed by atoms with Crippen LogP contribution in [0.5, 0.6) is 5.75 Å². The molecule has 0 amide bonds. The predicted octanol–water partition coefficient (Wildman–Crippen LogP) is 4.09. The summed E-state index contributed by atoms with van der Waals surface area (Å²) in [5, 5.41) is 27.4. The van der Waals surface area contributed by atoms with E-state index in [1.165, 1.54) is 27.1 Å². The number of fused-ring (bicyclic) bond motifs is 2. The second-order valence-electron chi connectivity index (χ2n) is 11.1. The number of rotatable bonds is 12. The zero-order valence-electron chi connectivity index (χ0n) is 25.0. The molecular formula is C30H38N5O8P. The maximum absolute atomic E-state index is 14.4. The van der Waals surface area contributed by atoms with Crippen LogP contribution >= 0.6 is 7.75 Å². The van der Waals surface area contributed by atoms with Gasteiger partial charge in [0.2, 0.25) is 0 Å². The first-order chi connectivity index (χ1) is 20.9. The van der Waals surface area contributed by atoms with Gasteiger partial charge in [0.25, 0.3) is 0 Å². The van der Waals surface area contributed by atoms with Crippen LogP contribution in [0.15, 0.2) is 61.1 Å². The van der Waals surface area contributed by atoms with Crippen LogP contribution in [0, 0.1) is 0 Å². The van der Waals surface area contributed by atoms with E-state index in [2.05, 4.69) is 15.1 Å². The highest BCUT2D eigenvalue weighted by atomic mass is 31.2. The molecule has 1 fully saturated rings. The van der Waals surface area contributed by atoms with Crippen LogP contribution in [-0.4, -0.2) is 67.3 Å². The first-order valence-corrected chi connectivity index (χ1v) is 16.0. The van der Waals surface area contributed by atoms with Gasteiger partial charge >= 0.3 is 13.7 Å². The molecule has 0 radical (unpaired) electrons. The van der Waals surface area contributed by atoms with Crippen molar-refractivity contribution in [1.29, 1.82) is 0 Å². The molecule has 5 N–H and O–H groups in total. The van der Waals surface area contributed by atoms with E-state index in [0.29, 0.717) is 22.8 Å². The van der Waals surface area contributed by atoms with E-state index in [0.717, 1.165) is 11.8 Å². The van der Waals surface area contributed by atoms with Crippen molar-refractivity contribution in [3.8, 4) is 5.75 Å². The lowest BCUT2D eigenvalue weighted by Crippen LogP contribution is -2.46. The number of carbonyl (C=O) groups excluding carboxylic acids is 1. The Morgan fingerprint density at radius 1 is 1.18 bits per heavy atom. The Morgan fingerprint density at radius 3 is 2.70 bits per heavy atom. The Morgan fingerprint density at radius 2 is 1.93 bits per heavy atom. The van der Waals surface area contributed by atoms with E-state index in [1.54, 1.807) is 29.0 Å². The van der Waals surface area contributed by atoms with Crippen LogP contribution in [0.3, 0.4) is 0 Å². The molecule has 5 rings (SSSR count). The molecule has 1 saturated heterocycles. The molecule has 14 heteroatoms. The number of benzene rings is 2. The van der Waals surface area contributed by atoms with Crippen LogP contribution in [0.4, 0.5) is 5.82 Å². The summed E-state index contributed by atoms with van der Waals surface area (Å²) in [6.45, 7) is 6.64. The van der Waals surface area contributed by atoms with Gasteiger partial charge in [0.15, 0.2) is 6.23 Å². The molecule has 4 aromatic rings. The fourth-order valence-corrected chi connectivity index (χ4v) is 6.94. The van der Waals surface area contributed by atoms with Gasteiger partial charge in [-0.05, 0) is 44.7 Å². The third kappa shape index (κ3) is 6.30. The Kier molecular flexibility index (Phi) is 9.26. The number of anilines is 1. The van der Waals surface area contributed by atoms with Crippen molar-refractivity contribution in [2.75, 3.05) is 12.3 Å². The molecule has 7 atom stereocenters. The van der Waals surface area contributed by atoms with E-state index in [9.17, 15) is 19.6 Å². The first-order valence-electron chi connectivity index (χ1n) is 14.5. The molecule has 0 spiro atoms. The summed E-state index contributed by atoms with van der Waals surface area (Å²) in [5.74, 6) is -0.121. The summed E-state index contributed by atoms with van der Waals surface area (Å²) < 4.78 is 39.5. The van der Waals surface area contributed by atoms with E-state index in [1.807, 2.05) is 37.3 Å². The normalized spacial score (nSPS) is 24.6. The summed E-state index contributed by atoms with van der Waals surface area (Å²) >= 11 is 0. The fourth-order valence-electron chi connectivity index (χ4n) is 5.23. The maximum Gasteiger partial charge on any atom is 0.459 e. The van der Waals surface area contributed by atoms with Gasteiger partial charge in [-0.15, -0.1) is 0 Å². The number of hydrogen-bond donors (Lipinski definition) is 4. The smallest absolute Gasteiger partial charge is 0.459 e. The third-order valence-electron chi connectivity index (χ3n) is 7.67. The Hall–Kier alpha value is -3.58. The van der Waals surface area contributed by atoms with Gasteiger partial charge in [-0.25, -0.2) is 14.5 Å². The molecule has 0 saturated carbocycles. The molecule has 3 heterocycles. The van der Waals surface area contributed by atoms with Crippen molar-refractivity contribution in [2.24, 2.45) is 0 Å². The fraction of sp³-hybridized carbons (Fsp3) is 0.433. The summed E-state index contributed by atoms with van der Waals surface area (Å²) in [7, 11) is -4.36. The van der Waals surface area contributed by atoms with E-state index in [4.69, 9.17) is 24.3 Å². The zero-order valence-corrected chi connectivity index (χ0v) is 25.9. The van der Waals surface area contributed by atoms with Gasteiger partial charge in [-0.1, -0.05) is 49.7 Å². The SMILES string of the molecule is CCCCOC(=O)[C@H](C)NP(=O)(Oc1cccc2ccccc12)OC(C)[C@H]1O[C@@H](n2ccc3c(N)ncnc32)[C@](C)(O)C1O. The first kappa shape index (κ1) is 31.8. The van der Waals surface area contributed by atoms with Crippen LogP contribution < -0.4 is 15.3 Å². The van der Waals surface area contributed by atoms with Gasteiger partial charge in [0, 0.05) is 11.6 Å². The maximum atomic E-state index is 14.4. The average Bonchev–Trinajstić information content (AvgIpc) is 3.51. The molecule has 13 nitrogen and oxygen atoms in total.